The highest BCUT2D eigenvalue weighted by molar-refractivity contribution is 6.08. The number of benzene rings is 1. The molecular weight excluding hydrogens is 250 g/mol. The SMILES string of the molecule is COc1cc([C@H]2NC(=O)C(O)=C2C(C)=O)ccc1O. The lowest BCUT2D eigenvalue weighted by Gasteiger charge is -2.15. The summed E-state index contributed by atoms with van der Waals surface area (Å²) >= 11 is 0. The molecule has 19 heavy (non-hydrogen) atoms. The highest BCUT2D eigenvalue weighted by Gasteiger charge is 2.35. The molecule has 0 aliphatic carbocycles. The number of aliphatic hydroxyl groups is 1. The zero-order valence-corrected chi connectivity index (χ0v) is 10.4. The van der Waals surface area contributed by atoms with E-state index < -0.39 is 23.5 Å². The van der Waals surface area contributed by atoms with E-state index in [0.717, 1.165) is 0 Å². The molecule has 100 valence electrons. The number of ketones is 1. The molecule has 0 bridgehead atoms. The lowest BCUT2D eigenvalue weighted by Crippen LogP contribution is -2.23. The third kappa shape index (κ3) is 2.12. The molecule has 1 atom stereocenters. The fourth-order valence-electron chi connectivity index (χ4n) is 2.02. The summed E-state index contributed by atoms with van der Waals surface area (Å²) < 4.78 is 4.97. The average Bonchev–Trinajstić information content (AvgIpc) is 2.66. The number of rotatable bonds is 3. The van der Waals surface area contributed by atoms with Gasteiger partial charge in [0.05, 0.1) is 18.7 Å². The van der Waals surface area contributed by atoms with E-state index in [1.165, 1.54) is 26.2 Å². The minimum Gasteiger partial charge on any atom is -0.504 e. The second-order valence-corrected chi connectivity index (χ2v) is 4.16. The monoisotopic (exact) mass is 263 g/mol. The maximum atomic E-state index is 11.5. The number of hydrogen-bond acceptors (Lipinski definition) is 5. The molecule has 0 saturated heterocycles. The van der Waals surface area contributed by atoms with Gasteiger partial charge in [-0.15, -0.1) is 0 Å². The van der Waals surface area contributed by atoms with E-state index in [0.29, 0.717) is 5.56 Å². The molecule has 0 saturated carbocycles. The number of Topliss-reactive ketones (excluding diaryl/α,β-unsaturated/α-hetero) is 1. The fourth-order valence-corrected chi connectivity index (χ4v) is 2.02. The Morgan fingerprint density at radius 3 is 2.63 bits per heavy atom. The Morgan fingerprint density at radius 1 is 1.37 bits per heavy atom. The second kappa shape index (κ2) is 4.64. The maximum absolute atomic E-state index is 11.5. The highest BCUT2D eigenvalue weighted by atomic mass is 16.5. The van der Waals surface area contributed by atoms with Gasteiger partial charge in [-0.1, -0.05) is 6.07 Å². The summed E-state index contributed by atoms with van der Waals surface area (Å²) in [4.78, 5) is 23.0. The second-order valence-electron chi connectivity index (χ2n) is 4.16. The van der Waals surface area contributed by atoms with Gasteiger partial charge < -0.3 is 20.3 Å². The summed E-state index contributed by atoms with van der Waals surface area (Å²) in [7, 11) is 1.39. The number of phenolic OH excluding ortho intramolecular Hbond substituents is 1. The van der Waals surface area contributed by atoms with Gasteiger partial charge in [0.25, 0.3) is 5.91 Å². The Morgan fingerprint density at radius 2 is 2.05 bits per heavy atom. The van der Waals surface area contributed by atoms with Crippen molar-refractivity contribution in [2.45, 2.75) is 13.0 Å². The lowest BCUT2D eigenvalue weighted by molar-refractivity contribution is -0.119. The Labute approximate surface area is 109 Å². The van der Waals surface area contributed by atoms with Gasteiger partial charge in [-0.05, 0) is 24.6 Å². The molecule has 6 nitrogen and oxygen atoms in total. The van der Waals surface area contributed by atoms with Gasteiger partial charge in [0.15, 0.2) is 23.0 Å². The first kappa shape index (κ1) is 12.9. The van der Waals surface area contributed by atoms with E-state index in [9.17, 15) is 19.8 Å². The number of hydrogen-bond donors (Lipinski definition) is 3. The molecule has 0 radical (unpaired) electrons. The average molecular weight is 263 g/mol. The van der Waals surface area contributed by atoms with Gasteiger partial charge in [0.1, 0.15) is 0 Å². The van der Waals surface area contributed by atoms with Crippen LogP contribution in [0.1, 0.15) is 18.5 Å². The number of carbonyl (C=O) groups is 2. The molecule has 0 fully saturated rings. The zero-order chi connectivity index (χ0) is 14.2. The van der Waals surface area contributed by atoms with Crippen LogP contribution in [-0.4, -0.2) is 29.0 Å². The Bertz CT molecular complexity index is 591. The number of ether oxygens (including phenoxy) is 1. The van der Waals surface area contributed by atoms with Gasteiger partial charge in [0.2, 0.25) is 0 Å². The van der Waals surface area contributed by atoms with Crippen molar-refractivity contribution < 1.29 is 24.5 Å². The number of amides is 1. The maximum Gasteiger partial charge on any atom is 0.287 e. The first-order valence-electron chi connectivity index (χ1n) is 5.57. The van der Waals surface area contributed by atoms with E-state index in [2.05, 4.69) is 5.32 Å². The van der Waals surface area contributed by atoms with E-state index in [4.69, 9.17) is 4.74 Å². The van der Waals surface area contributed by atoms with Gasteiger partial charge in [-0.3, -0.25) is 9.59 Å². The van der Waals surface area contributed by atoms with Crippen LogP contribution < -0.4 is 10.1 Å². The van der Waals surface area contributed by atoms with Crippen LogP contribution in [0.25, 0.3) is 0 Å². The standard InChI is InChI=1S/C13H13NO5/c1-6(15)10-11(14-13(18)12(10)17)7-3-4-8(16)9(5-7)19-2/h3-5,11,16-17H,1-2H3,(H,14,18)/t11-/m1/s1. The van der Waals surface area contributed by atoms with Gasteiger partial charge in [-0.2, -0.15) is 0 Å². The number of nitrogens with one attached hydrogen (secondary N) is 1. The van der Waals surface area contributed by atoms with Gasteiger partial charge in [0, 0.05) is 0 Å². The van der Waals surface area contributed by atoms with Crippen molar-refractivity contribution in [3.8, 4) is 11.5 Å². The molecule has 2 rings (SSSR count). The number of phenols is 1. The number of methoxy groups -OCH3 is 1. The van der Waals surface area contributed by atoms with Crippen LogP contribution in [0.5, 0.6) is 11.5 Å². The number of aliphatic hydroxyl groups excluding tert-OH is 1. The Hall–Kier alpha value is -2.50. The summed E-state index contributed by atoms with van der Waals surface area (Å²) in [6.45, 7) is 1.27. The third-order valence-electron chi connectivity index (χ3n) is 2.95. The zero-order valence-electron chi connectivity index (χ0n) is 10.4. The van der Waals surface area contributed by atoms with Crippen molar-refractivity contribution in [3.63, 3.8) is 0 Å². The predicted octanol–water partition coefficient (Wildman–Crippen LogP) is 0.973. The molecule has 0 spiro atoms. The summed E-state index contributed by atoms with van der Waals surface area (Å²) in [5, 5.41) is 21.6. The smallest absolute Gasteiger partial charge is 0.287 e. The van der Waals surface area contributed by atoms with Crippen LogP contribution in [0.15, 0.2) is 29.5 Å². The molecule has 3 N–H and O–H groups in total. The highest BCUT2D eigenvalue weighted by Crippen LogP contribution is 2.34. The molecule has 1 aromatic rings. The van der Waals surface area contributed by atoms with Crippen LogP contribution in [0, 0.1) is 0 Å². The van der Waals surface area contributed by atoms with E-state index in [1.807, 2.05) is 0 Å². The quantitative estimate of drug-likeness (QED) is 0.755. The summed E-state index contributed by atoms with van der Waals surface area (Å²) in [6, 6.07) is 3.71. The summed E-state index contributed by atoms with van der Waals surface area (Å²) in [5.74, 6) is -1.48. The van der Waals surface area contributed by atoms with Crippen LogP contribution in [0.4, 0.5) is 0 Å². The predicted molar refractivity (Wildman–Crippen MR) is 65.9 cm³/mol. The number of carbonyl (C=O) groups excluding carboxylic acids is 2. The summed E-state index contributed by atoms with van der Waals surface area (Å²) in [6.07, 6.45) is 0. The van der Waals surface area contributed by atoms with Crippen molar-refractivity contribution in [1.82, 2.24) is 5.32 Å². The minimum atomic E-state index is -0.737. The van der Waals surface area contributed by atoms with E-state index >= 15 is 0 Å². The lowest BCUT2D eigenvalue weighted by atomic mass is 9.97. The first-order valence-corrected chi connectivity index (χ1v) is 5.57. The van der Waals surface area contributed by atoms with Crippen molar-refractivity contribution in [3.05, 3.63) is 35.1 Å². The molecule has 6 heteroatoms. The van der Waals surface area contributed by atoms with Crippen molar-refractivity contribution in [2.24, 2.45) is 0 Å². The molecule has 1 heterocycles. The molecule has 0 aromatic heterocycles. The Balaban J connectivity index is 2.48. The molecule has 1 aliphatic rings. The topological polar surface area (TPSA) is 95.9 Å². The van der Waals surface area contributed by atoms with E-state index in [1.54, 1.807) is 6.07 Å². The first-order chi connectivity index (χ1) is 8.95. The third-order valence-corrected chi connectivity index (χ3v) is 2.95. The molecular formula is C13H13NO5. The van der Waals surface area contributed by atoms with E-state index in [-0.39, 0.29) is 17.1 Å². The number of aromatic hydroxyl groups is 1. The van der Waals surface area contributed by atoms with Gasteiger partial charge in [-0.25, -0.2) is 0 Å². The van der Waals surface area contributed by atoms with Crippen LogP contribution in [-0.2, 0) is 9.59 Å². The fraction of sp³-hybridized carbons (Fsp3) is 0.231. The van der Waals surface area contributed by atoms with Crippen molar-refractivity contribution in [2.75, 3.05) is 7.11 Å². The molecule has 1 aliphatic heterocycles. The van der Waals surface area contributed by atoms with Crippen molar-refractivity contribution in [1.29, 1.82) is 0 Å². The minimum absolute atomic E-state index is 0.0118. The van der Waals surface area contributed by atoms with Crippen LogP contribution >= 0.6 is 0 Å². The van der Waals surface area contributed by atoms with Crippen molar-refractivity contribution >= 4 is 11.7 Å². The molecule has 1 aromatic carbocycles. The largest absolute Gasteiger partial charge is 0.504 e. The van der Waals surface area contributed by atoms with Gasteiger partial charge >= 0.3 is 0 Å². The van der Waals surface area contributed by atoms with Crippen LogP contribution in [0.3, 0.4) is 0 Å². The normalized spacial score (nSPS) is 18.4. The Kier molecular flexibility index (Phi) is 3.16. The summed E-state index contributed by atoms with van der Waals surface area (Å²) in [5.41, 5.74) is 0.551. The van der Waals surface area contributed by atoms with Crippen LogP contribution in [0.2, 0.25) is 0 Å². The molecule has 0 unspecified atom stereocenters. The molecule has 1 amide bonds.